The third kappa shape index (κ3) is 2.99. The molecule has 0 spiro atoms. The van der Waals surface area contributed by atoms with Crippen LogP contribution in [0.3, 0.4) is 0 Å². The highest BCUT2D eigenvalue weighted by Crippen LogP contribution is 2.26. The minimum atomic E-state index is -0.607. The van der Waals surface area contributed by atoms with Gasteiger partial charge in [-0.3, -0.25) is 14.9 Å². The number of benzene rings is 1. The van der Waals surface area contributed by atoms with E-state index in [4.69, 9.17) is 11.6 Å². The lowest BCUT2D eigenvalue weighted by atomic mass is 10.1. The summed E-state index contributed by atoms with van der Waals surface area (Å²) in [7, 11) is 0. The molecule has 0 fully saturated rings. The number of nitrogens with zero attached hydrogens (tertiary/aromatic N) is 1. The summed E-state index contributed by atoms with van der Waals surface area (Å²) in [6, 6.07) is 3.73. The van der Waals surface area contributed by atoms with E-state index in [0.717, 1.165) is 6.07 Å². The van der Waals surface area contributed by atoms with Gasteiger partial charge in [-0.15, -0.1) is 0 Å². The standard InChI is InChI=1S/C8H4Br2ClNO3/c9-8(10)7(13)5-3-4(12(14)15)1-2-6(5)11/h1-3,8H. The van der Waals surface area contributed by atoms with Crippen molar-refractivity contribution in [3.05, 3.63) is 38.9 Å². The van der Waals surface area contributed by atoms with Gasteiger partial charge in [-0.2, -0.15) is 0 Å². The topological polar surface area (TPSA) is 60.2 Å². The van der Waals surface area contributed by atoms with Crippen molar-refractivity contribution in [3.8, 4) is 0 Å². The molecule has 7 heteroatoms. The average Bonchev–Trinajstić information content (AvgIpc) is 2.16. The smallest absolute Gasteiger partial charge is 0.270 e. The molecule has 0 aliphatic rings. The van der Waals surface area contributed by atoms with Gasteiger partial charge in [-0.25, -0.2) is 0 Å². The number of carbonyl (C=O) groups is 1. The van der Waals surface area contributed by atoms with Crippen LogP contribution in [-0.4, -0.2) is 14.4 Å². The van der Waals surface area contributed by atoms with E-state index in [9.17, 15) is 14.9 Å². The highest BCUT2D eigenvalue weighted by molar-refractivity contribution is 9.25. The van der Waals surface area contributed by atoms with Gasteiger partial charge in [-0.05, 0) is 6.07 Å². The maximum atomic E-state index is 11.5. The van der Waals surface area contributed by atoms with Crippen molar-refractivity contribution < 1.29 is 9.72 Å². The molecule has 0 atom stereocenters. The summed E-state index contributed by atoms with van der Waals surface area (Å²) >= 11 is 11.8. The summed E-state index contributed by atoms with van der Waals surface area (Å²) in [4.78, 5) is 21.4. The Morgan fingerprint density at radius 3 is 2.53 bits per heavy atom. The molecule has 0 saturated carbocycles. The Balaban J connectivity index is 3.22. The van der Waals surface area contributed by atoms with Crippen LogP contribution in [0.2, 0.25) is 5.02 Å². The van der Waals surface area contributed by atoms with Crippen molar-refractivity contribution in [1.29, 1.82) is 0 Å². The van der Waals surface area contributed by atoms with Crippen LogP contribution in [0.25, 0.3) is 0 Å². The van der Waals surface area contributed by atoms with E-state index in [0.29, 0.717) is 0 Å². The second-order valence-corrected chi connectivity index (χ2v) is 6.05. The van der Waals surface area contributed by atoms with Gasteiger partial charge in [0.25, 0.3) is 5.69 Å². The Labute approximate surface area is 107 Å². The highest BCUT2D eigenvalue weighted by atomic mass is 79.9. The van der Waals surface area contributed by atoms with Gasteiger partial charge in [0.15, 0.2) is 5.78 Å². The molecular formula is C8H4Br2ClNO3. The van der Waals surface area contributed by atoms with Crippen molar-refractivity contribution in [3.63, 3.8) is 0 Å². The Kier molecular flexibility index (Phi) is 4.24. The van der Waals surface area contributed by atoms with Gasteiger partial charge in [0.05, 0.1) is 9.95 Å². The minimum Gasteiger partial charge on any atom is -0.292 e. The molecule has 15 heavy (non-hydrogen) atoms. The fraction of sp³-hybridized carbons (Fsp3) is 0.125. The summed E-state index contributed by atoms with van der Waals surface area (Å²) in [6.07, 6.45) is 0. The molecule has 0 saturated heterocycles. The van der Waals surface area contributed by atoms with E-state index < -0.39 is 8.66 Å². The first-order chi connectivity index (χ1) is 6.93. The van der Waals surface area contributed by atoms with Gasteiger partial charge in [-0.1, -0.05) is 43.5 Å². The molecule has 0 amide bonds. The number of hydrogen-bond acceptors (Lipinski definition) is 3. The largest absolute Gasteiger partial charge is 0.292 e. The fourth-order valence-corrected chi connectivity index (χ4v) is 1.64. The van der Waals surface area contributed by atoms with E-state index >= 15 is 0 Å². The Hall–Kier alpha value is -0.460. The summed E-state index contributed by atoms with van der Waals surface area (Å²) in [6.45, 7) is 0. The van der Waals surface area contributed by atoms with Crippen LogP contribution in [-0.2, 0) is 0 Å². The number of hydrogen-bond donors (Lipinski definition) is 0. The van der Waals surface area contributed by atoms with Crippen LogP contribution in [0.4, 0.5) is 5.69 Å². The lowest BCUT2D eigenvalue weighted by molar-refractivity contribution is -0.384. The number of rotatable bonds is 3. The van der Waals surface area contributed by atoms with Gasteiger partial charge < -0.3 is 0 Å². The zero-order chi connectivity index (χ0) is 11.6. The maximum Gasteiger partial charge on any atom is 0.270 e. The Bertz CT molecular complexity index is 422. The molecule has 1 aromatic carbocycles. The fourth-order valence-electron chi connectivity index (χ4n) is 0.933. The molecule has 0 aliphatic heterocycles. The van der Waals surface area contributed by atoms with Crippen LogP contribution in [0.5, 0.6) is 0 Å². The molecule has 1 rings (SSSR count). The molecule has 0 radical (unpaired) electrons. The molecule has 80 valence electrons. The lowest BCUT2D eigenvalue weighted by Crippen LogP contribution is -2.08. The third-order valence-corrected chi connectivity index (χ3v) is 2.79. The molecule has 1 aromatic rings. The van der Waals surface area contributed by atoms with Gasteiger partial charge in [0.1, 0.15) is 3.74 Å². The summed E-state index contributed by atoms with van der Waals surface area (Å²) in [5, 5.41) is 10.7. The lowest BCUT2D eigenvalue weighted by Gasteiger charge is -2.03. The summed E-state index contributed by atoms with van der Waals surface area (Å²) in [5.74, 6) is -0.358. The Morgan fingerprint density at radius 2 is 2.07 bits per heavy atom. The van der Waals surface area contributed by atoms with Crippen molar-refractivity contribution in [2.24, 2.45) is 0 Å². The van der Waals surface area contributed by atoms with Crippen LogP contribution in [0, 0.1) is 10.1 Å². The molecule has 4 nitrogen and oxygen atoms in total. The number of ketones is 1. The molecule has 0 aromatic heterocycles. The second kappa shape index (κ2) is 5.05. The zero-order valence-corrected chi connectivity index (χ0v) is 11.0. The first-order valence-electron chi connectivity index (χ1n) is 3.70. The van der Waals surface area contributed by atoms with Crippen LogP contribution < -0.4 is 0 Å². The number of carbonyl (C=O) groups excluding carboxylic acids is 1. The first kappa shape index (κ1) is 12.6. The van der Waals surface area contributed by atoms with Crippen molar-refractivity contribution >= 4 is 54.9 Å². The average molecular weight is 357 g/mol. The zero-order valence-electron chi connectivity index (χ0n) is 7.12. The van der Waals surface area contributed by atoms with Gasteiger partial charge in [0, 0.05) is 17.7 Å². The van der Waals surface area contributed by atoms with Crippen LogP contribution >= 0.6 is 43.5 Å². The number of halogens is 3. The van der Waals surface area contributed by atoms with E-state index in [-0.39, 0.29) is 22.1 Å². The van der Waals surface area contributed by atoms with Crippen LogP contribution in [0.1, 0.15) is 10.4 Å². The predicted octanol–water partition coefficient (Wildman–Crippen LogP) is 3.55. The number of nitro groups is 1. The van der Waals surface area contributed by atoms with Gasteiger partial charge >= 0.3 is 0 Å². The minimum absolute atomic E-state index is 0.115. The summed E-state index contributed by atoms with van der Waals surface area (Å²) < 4.78 is -0.607. The molecule has 0 N–H and O–H groups in total. The monoisotopic (exact) mass is 355 g/mol. The van der Waals surface area contributed by atoms with Crippen LogP contribution in [0.15, 0.2) is 18.2 Å². The van der Waals surface area contributed by atoms with E-state index in [2.05, 4.69) is 31.9 Å². The van der Waals surface area contributed by atoms with Crippen molar-refractivity contribution in [1.82, 2.24) is 0 Å². The molecule has 0 aliphatic carbocycles. The predicted molar refractivity (Wildman–Crippen MR) is 64.1 cm³/mol. The third-order valence-electron chi connectivity index (χ3n) is 1.62. The van der Waals surface area contributed by atoms with Crippen molar-refractivity contribution in [2.75, 3.05) is 0 Å². The molecule has 0 bridgehead atoms. The van der Waals surface area contributed by atoms with Gasteiger partial charge in [0.2, 0.25) is 0 Å². The Morgan fingerprint density at radius 1 is 1.47 bits per heavy atom. The van der Waals surface area contributed by atoms with Crippen molar-refractivity contribution in [2.45, 2.75) is 3.74 Å². The molecule has 0 unspecified atom stereocenters. The highest BCUT2D eigenvalue weighted by Gasteiger charge is 2.19. The number of nitro benzene ring substituents is 1. The quantitative estimate of drug-likeness (QED) is 0.360. The van der Waals surface area contributed by atoms with E-state index in [1.165, 1.54) is 12.1 Å². The molecular weight excluding hydrogens is 353 g/mol. The second-order valence-electron chi connectivity index (χ2n) is 2.59. The van der Waals surface area contributed by atoms with E-state index in [1.54, 1.807) is 0 Å². The normalized spacial score (nSPS) is 10.4. The summed E-state index contributed by atoms with van der Waals surface area (Å²) in [5.41, 5.74) is -0.0481. The maximum absolute atomic E-state index is 11.5. The van der Waals surface area contributed by atoms with E-state index in [1.807, 2.05) is 0 Å². The number of Topliss-reactive ketones (excluding diaryl/α,β-unsaturated/α-hetero) is 1. The molecule has 0 heterocycles. The number of alkyl halides is 2. The first-order valence-corrected chi connectivity index (χ1v) is 5.90. The SMILES string of the molecule is O=C(c1cc([N+](=O)[O-])ccc1Cl)C(Br)Br. The number of non-ortho nitro benzene ring substituents is 1.